The number of carbonyl (C=O) groups is 1. The summed E-state index contributed by atoms with van der Waals surface area (Å²) in [5, 5.41) is 3.06. The average molecular weight is 353 g/mol. The lowest BCUT2D eigenvalue weighted by atomic mass is 10.3. The smallest absolute Gasteiger partial charge is 0.404 e. The molecule has 1 aromatic heterocycles. The number of hydrogen-bond acceptors (Lipinski definition) is 7. The molecule has 9 heteroatoms. The molecule has 0 fully saturated rings. The Hall–Kier alpha value is -2.81. The fourth-order valence-corrected chi connectivity index (χ4v) is 1.93. The number of aromatic nitrogens is 1. The van der Waals surface area contributed by atoms with Crippen molar-refractivity contribution in [2.45, 2.75) is 6.42 Å². The topological polar surface area (TPSA) is 109 Å². The molecule has 0 unspecified atom stereocenters. The first-order chi connectivity index (χ1) is 12.1. The van der Waals surface area contributed by atoms with Crippen molar-refractivity contribution in [3.05, 3.63) is 30.1 Å². The maximum Gasteiger partial charge on any atom is 0.404 e. The van der Waals surface area contributed by atoms with Crippen molar-refractivity contribution in [1.29, 1.82) is 0 Å². The van der Waals surface area contributed by atoms with Gasteiger partial charge in [0.15, 0.2) is 5.58 Å². The number of nitrogens with zero attached hydrogens (tertiary/aromatic N) is 1. The minimum atomic E-state index is -0.979. The van der Waals surface area contributed by atoms with E-state index in [1.54, 1.807) is 25.3 Å². The van der Waals surface area contributed by atoms with Crippen LogP contribution in [0, 0.1) is 0 Å². The van der Waals surface area contributed by atoms with Crippen LogP contribution in [-0.4, -0.2) is 44.6 Å². The predicted molar refractivity (Wildman–Crippen MR) is 89.2 cm³/mol. The number of nitrogens with two attached hydrogens (primary N) is 1. The summed E-state index contributed by atoms with van der Waals surface area (Å²) in [5.74, 6) is 0.466. The van der Waals surface area contributed by atoms with Gasteiger partial charge >= 0.3 is 6.09 Å². The molecule has 0 aliphatic carbocycles. The number of anilines is 1. The molecule has 8 nitrogen and oxygen atoms in total. The number of nitrogens with one attached hydrogen (secondary N) is 1. The van der Waals surface area contributed by atoms with Gasteiger partial charge in [0.1, 0.15) is 24.5 Å². The number of hydrogen-bond donors (Lipinski definition) is 2. The van der Waals surface area contributed by atoms with Gasteiger partial charge in [-0.05, 0) is 18.6 Å². The van der Waals surface area contributed by atoms with Gasteiger partial charge in [-0.3, -0.25) is 0 Å². The molecular formula is C16H20FN3O5. The van der Waals surface area contributed by atoms with Gasteiger partial charge in [-0.25, -0.2) is 9.18 Å². The van der Waals surface area contributed by atoms with E-state index in [-0.39, 0.29) is 18.8 Å². The zero-order valence-corrected chi connectivity index (χ0v) is 13.8. The fraction of sp³-hybridized carbons (Fsp3) is 0.375. The van der Waals surface area contributed by atoms with E-state index >= 15 is 0 Å². The van der Waals surface area contributed by atoms with Crippen molar-refractivity contribution < 1.29 is 27.8 Å². The quantitative estimate of drug-likeness (QED) is 0.632. The third-order valence-electron chi connectivity index (χ3n) is 3.14. The number of methoxy groups -OCH3 is 1. The summed E-state index contributed by atoms with van der Waals surface area (Å²) < 4.78 is 33.2. The lowest BCUT2D eigenvalue weighted by Gasteiger charge is -2.08. The van der Waals surface area contributed by atoms with E-state index in [4.69, 9.17) is 19.6 Å². The average Bonchev–Trinajstić information content (AvgIpc) is 3.00. The van der Waals surface area contributed by atoms with Crippen molar-refractivity contribution in [2.75, 3.05) is 38.8 Å². The van der Waals surface area contributed by atoms with Gasteiger partial charge in [-0.2, -0.15) is 4.98 Å². The summed E-state index contributed by atoms with van der Waals surface area (Å²) in [7, 11) is 1.64. The fourth-order valence-electron chi connectivity index (χ4n) is 1.93. The van der Waals surface area contributed by atoms with Crippen molar-refractivity contribution in [3.63, 3.8) is 0 Å². The first kappa shape index (κ1) is 18.5. The van der Waals surface area contributed by atoms with Crippen LogP contribution in [0.15, 0.2) is 34.5 Å². The highest BCUT2D eigenvalue weighted by Gasteiger charge is 2.08. The van der Waals surface area contributed by atoms with E-state index in [1.807, 2.05) is 0 Å². The van der Waals surface area contributed by atoms with Crippen LogP contribution in [0.3, 0.4) is 0 Å². The van der Waals surface area contributed by atoms with E-state index in [0.29, 0.717) is 42.3 Å². The molecule has 0 saturated heterocycles. The Morgan fingerprint density at radius 3 is 3.00 bits per heavy atom. The van der Waals surface area contributed by atoms with Crippen molar-refractivity contribution >= 4 is 23.2 Å². The molecule has 0 atom stereocenters. The lowest BCUT2D eigenvalue weighted by Crippen LogP contribution is -2.16. The van der Waals surface area contributed by atoms with Crippen molar-refractivity contribution in [1.82, 2.24) is 4.98 Å². The Balaban J connectivity index is 1.92. The van der Waals surface area contributed by atoms with Gasteiger partial charge in [0.05, 0.1) is 6.33 Å². The summed E-state index contributed by atoms with van der Waals surface area (Å²) in [6.45, 7) is 0.959. The van der Waals surface area contributed by atoms with E-state index in [9.17, 15) is 9.18 Å². The maximum absolute atomic E-state index is 12.7. The Bertz CT molecular complexity index is 732. The summed E-state index contributed by atoms with van der Waals surface area (Å²) in [6.07, 6.45) is 0.167. The molecule has 1 heterocycles. The molecule has 3 N–H and O–H groups in total. The normalized spacial score (nSPS) is 11.5. The highest BCUT2D eigenvalue weighted by Crippen LogP contribution is 2.24. The molecule has 136 valence electrons. The SMILES string of the molecule is COCCCNc1nc2ccc(OC/C(=C/F)COC(N)=O)cc2o1. The largest absolute Gasteiger partial charge is 0.489 e. The monoisotopic (exact) mass is 353 g/mol. The van der Waals surface area contributed by atoms with Crippen LogP contribution in [0.1, 0.15) is 6.42 Å². The number of rotatable bonds is 10. The molecule has 0 bridgehead atoms. The van der Waals surface area contributed by atoms with Crippen LogP contribution >= 0.6 is 0 Å². The number of carbonyl (C=O) groups excluding carboxylic acids is 1. The number of oxazole rings is 1. The summed E-state index contributed by atoms with van der Waals surface area (Å²) in [4.78, 5) is 14.8. The summed E-state index contributed by atoms with van der Waals surface area (Å²) in [5.41, 5.74) is 6.17. The zero-order valence-electron chi connectivity index (χ0n) is 13.8. The minimum absolute atomic E-state index is 0.0917. The standard InChI is InChI=1S/C16H20FN3O5/c1-22-6-2-5-19-16-20-13-4-3-12(7-14(13)25-16)23-9-11(8-17)10-24-15(18)21/h3-4,7-8H,2,5-6,9-10H2,1H3,(H2,18,21)(H,19,20)/b11-8-. The highest BCUT2D eigenvalue weighted by atomic mass is 19.1. The maximum atomic E-state index is 12.7. The second kappa shape index (κ2) is 9.48. The predicted octanol–water partition coefficient (Wildman–Crippen LogP) is 2.60. The Labute approximate surface area is 143 Å². The molecule has 1 aromatic carbocycles. The Kier molecular flexibility index (Phi) is 7.02. The Morgan fingerprint density at radius 2 is 2.28 bits per heavy atom. The van der Waals surface area contributed by atoms with Gasteiger partial charge in [-0.1, -0.05) is 0 Å². The third kappa shape index (κ3) is 5.96. The van der Waals surface area contributed by atoms with Crippen LogP contribution in [0.5, 0.6) is 5.75 Å². The second-order valence-corrected chi connectivity index (χ2v) is 5.09. The van der Waals surface area contributed by atoms with E-state index < -0.39 is 6.09 Å². The Morgan fingerprint density at radius 1 is 1.44 bits per heavy atom. The minimum Gasteiger partial charge on any atom is -0.489 e. The number of ether oxygens (including phenoxy) is 3. The first-order valence-electron chi connectivity index (χ1n) is 7.59. The number of halogens is 1. The van der Waals surface area contributed by atoms with Crippen LogP contribution in [0.4, 0.5) is 15.2 Å². The van der Waals surface area contributed by atoms with Crippen LogP contribution < -0.4 is 15.8 Å². The number of primary amides is 1. The van der Waals surface area contributed by atoms with E-state index in [0.717, 1.165) is 6.42 Å². The third-order valence-corrected chi connectivity index (χ3v) is 3.14. The molecular weight excluding hydrogens is 333 g/mol. The van der Waals surface area contributed by atoms with Gasteiger partial charge < -0.3 is 29.7 Å². The van der Waals surface area contributed by atoms with Gasteiger partial charge in [0.2, 0.25) is 0 Å². The number of amides is 1. The van der Waals surface area contributed by atoms with Gasteiger partial charge in [0.25, 0.3) is 6.01 Å². The first-order valence-corrected chi connectivity index (χ1v) is 7.59. The molecule has 0 aliphatic rings. The molecule has 0 aliphatic heterocycles. The molecule has 0 saturated carbocycles. The number of benzene rings is 1. The van der Waals surface area contributed by atoms with Gasteiger partial charge in [-0.15, -0.1) is 0 Å². The number of fused-ring (bicyclic) bond motifs is 1. The molecule has 1 amide bonds. The van der Waals surface area contributed by atoms with Crippen LogP contribution in [-0.2, 0) is 9.47 Å². The zero-order chi connectivity index (χ0) is 18.1. The molecule has 0 radical (unpaired) electrons. The molecule has 2 rings (SSSR count). The lowest BCUT2D eigenvalue weighted by molar-refractivity contribution is 0.162. The second-order valence-electron chi connectivity index (χ2n) is 5.09. The van der Waals surface area contributed by atoms with Gasteiger partial charge in [0, 0.05) is 31.9 Å². The van der Waals surface area contributed by atoms with E-state index in [1.165, 1.54) is 0 Å². The molecule has 2 aromatic rings. The summed E-state index contributed by atoms with van der Waals surface area (Å²) >= 11 is 0. The molecule has 25 heavy (non-hydrogen) atoms. The van der Waals surface area contributed by atoms with Crippen molar-refractivity contribution in [3.8, 4) is 5.75 Å². The van der Waals surface area contributed by atoms with Crippen molar-refractivity contribution in [2.24, 2.45) is 5.73 Å². The van der Waals surface area contributed by atoms with Crippen LogP contribution in [0.25, 0.3) is 11.1 Å². The van der Waals surface area contributed by atoms with E-state index in [2.05, 4.69) is 15.0 Å². The highest BCUT2D eigenvalue weighted by molar-refractivity contribution is 5.76. The van der Waals surface area contributed by atoms with Crippen LogP contribution in [0.2, 0.25) is 0 Å². The molecule has 0 spiro atoms. The summed E-state index contributed by atoms with van der Waals surface area (Å²) in [6, 6.07) is 5.47.